The van der Waals surface area contributed by atoms with Crippen molar-refractivity contribution in [2.75, 3.05) is 12.4 Å². The molecule has 0 aliphatic carbocycles. The van der Waals surface area contributed by atoms with Crippen molar-refractivity contribution in [1.29, 1.82) is 0 Å². The van der Waals surface area contributed by atoms with Crippen molar-refractivity contribution >= 4 is 23.8 Å². The topological polar surface area (TPSA) is 46.5 Å². The van der Waals surface area contributed by atoms with E-state index in [9.17, 15) is 18.0 Å². The highest BCUT2D eigenvalue weighted by molar-refractivity contribution is 8.00. The van der Waals surface area contributed by atoms with Crippen LogP contribution in [0.2, 0.25) is 0 Å². The number of carbonyl (C=O) groups is 1. The molecule has 0 spiro atoms. The van der Waals surface area contributed by atoms with E-state index in [1.165, 1.54) is 6.08 Å². The van der Waals surface area contributed by atoms with Crippen molar-refractivity contribution in [3.8, 4) is 5.75 Å². The number of thioether (sulfide) groups is 1. The Balaban J connectivity index is 2.38. The third-order valence-corrected chi connectivity index (χ3v) is 2.61. The zero-order valence-electron chi connectivity index (χ0n) is 9.68. The van der Waals surface area contributed by atoms with Crippen LogP contribution in [0.3, 0.4) is 0 Å². The maximum atomic E-state index is 11.8. The fourth-order valence-electron chi connectivity index (χ4n) is 1.16. The van der Waals surface area contributed by atoms with Crippen LogP contribution >= 0.6 is 11.8 Å². The summed E-state index contributed by atoms with van der Waals surface area (Å²) in [6.07, 6.45) is 2.40. The quantitative estimate of drug-likeness (QED) is 0.644. The van der Waals surface area contributed by atoms with Gasteiger partial charge in [0.1, 0.15) is 5.75 Å². The van der Waals surface area contributed by atoms with Gasteiger partial charge in [0.15, 0.2) is 0 Å². The number of ether oxygens (including phenoxy) is 1. The number of aliphatic carboxylic acids is 1. The fraction of sp³-hybridized carbons (Fsp3) is 0.250. The van der Waals surface area contributed by atoms with Gasteiger partial charge in [0.2, 0.25) is 0 Å². The molecule has 3 nitrogen and oxygen atoms in total. The Morgan fingerprint density at radius 2 is 1.95 bits per heavy atom. The molecule has 0 aliphatic heterocycles. The van der Waals surface area contributed by atoms with Gasteiger partial charge < -0.3 is 9.84 Å². The van der Waals surface area contributed by atoms with Gasteiger partial charge in [-0.25, -0.2) is 4.79 Å². The average Bonchev–Trinajstić information content (AvgIpc) is 2.32. The van der Waals surface area contributed by atoms with Crippen LogP contribution in [0.5, 0.6) is 5.75 Å². The smallest absolute Gasteiger partial charge is 0.441 e. The van der Waals surface area contributed by atoms with E-state index < -0.39 is 11.5 Å². The number of carboxylic acid groups (broad SMARTS) is 1. The third-order valence-electron chi connectivity index (χ3n) is 1.92. The van der Waals surface area contributed by atoms with E-state index in [4.69, 9.17) is 9.84 Å². The highest BCUT2D eigenvalue weighted by Gasteiger charge is 2.27. The average molecular weight is 292 g/mol. The summed E-state index contributed by atoms with van der Waals surface area (Å²) in [7, 11) is 0. The molecule has 104 valence electrons. The van der Waals surface area contributed by atoms with Gasteiger partial charge in [0.05, 0.1) is 6.61 Å². The molecule has 0 unspecified atom stereocenters. The summed E-state index contributed by atoms with van der Waals surface area (Å²) < 4.78 is 40.6. The molecule has 0 bridgehead atoms. The van der Waals surface area contributed by atoms with Crippen LogP contribution in [0.4, 0.5) is 13.2 Å². The van der Waals surface area contributed by atoms with Crippen molar-refractivity contribution < 1.29 is 27.8 Å². The van der Waals surface area contributed by atoms with E-state index >= 15 is 0 Å². The van der Waals surface area contributed by atoms with Gasteiger partial charge in [-0.2, -0.15) is 13.2 Å². The first-order chi connectivity index (χ1) is 8.87. The zero-order valence-corrected chi connectivity index (χ0v) is 10.5. The maximum Gasteiger partial charge on any atom is 0.441 e. The second kappa shape index (κ2) is 7.08. The first kappa shape index (κ1) is 15.4. The molecule has 7 heteroatoms. The molecule has 1 aromatic carbocycles. The van der Waals surface area contributed by atoms with Crippen LogP contribution in [0.1, 0.15) is 5.56 Å². The highest BCUT2D eigenvalue weighted by Crippen LogP contribution is 2.29. The fourth-order valence-corrected chi connectivity index (χ4v) is 1.56. The number of hydrogen-bond acceptors (Lipinski definition) is 3. The third kappa shape index (κ3) is 7.40. The van der Waals surface area contributed by atoms with Gasteiger partial charge in [-0.3, -0.25) is 0 Å². The van der Waals surface area contributed by atoms with Crippen molar-refractivity contribution in [2.45, 2.75) is 5.51 Å². The molecule has 0 amide bonds. The minimum Gasteiger partial charge on any atom is -0.493 e. The molecule has 1 aromatic rings. The summed E-state index contributed by atoms with van der Waals surface area (Å²) in [6, 6.07) is 6.37. The van der Waals surface area contributed by atoms with Crippen LogP contribution in [0, 0.1) is 0 Å². The number of rotatable bonds is 6. The predicted octanol–water partition coefficient (Wildman–Crippen LogP) is 3.42. The number of halogens is 3. The Bertz CT molecular complexity index is 441. The van der Waals surface area contributed by atoms with Crippen LogP contribution < -0.4 is 4.74 Å². The van der Waals surface area contributed by atoms with Gasteiger partial charge in [0, 0.05) is 11.8 Å². The summed E-state index contributed by atoms with van der Waals surface area (Å²) in [4.78, 5) is 10.3. The van der Waals surface area contributed by atoms with Crippen LogP contribution in [-0.2, 0) is 4.79 Å². The molecule has 0 saturated carbocycles. The molecular formula is C12H11F3O3S. The lowest BCUT2D eigenvalue weighted by atomic mass is 10.2. The van der Waals surface area contributed by atoms with Crippen LogP contribution in [0.15, 0.2) is 30.3 Å². The molecule has 0 heterocycles. The van der Waals surface area contributed by atoms with Gasteiger partial charge >= 0.3 is 11.5 Å². The Hall–Kier alpha value is -1.63. The number of carboxylic acids is 1. The lowest BCUT2D eigenvalue weighted by molar-refractivity contribution is -0.131. The molecule has 0 aromatic heterocycles. The standard InChI is InChI=1S/C12H11F3O3S/c13-12(14,15)19-8-7-18-10-4-1-9(2-5-10)3-6-11(16)17/h1-6H,7-8H2,(H,16,17)/b6-3+. The minimum atomic E-state index is -4.24. The van der Waals surface area contributed by atoms with E-state index in [-0.39, 0.29) is 24.1 Å². The first-order valence-electron chi connectivity index (χ1n) is 5.21. The van der Waals surface area contributed by atoms with Gasteiger partial charge in [-0.1, -0.05) is 12.1 Å². The van der Waals surface area contributed by atoms with Crippen molar-refractivity contribution in [3.05, 3.63) is 35.9 Å². The van der Waals surface area contributed by atoms with E-state index in [0.717, 1.165) is 6.08 Å². The second-order valence-corrected chi connectivity index (χ2v) is 4.54. The van der Waals surface area contributed by atoms with Crippen LogP contribution in [0.25, 0.3) is 6.08 Å². The SMILES string of the molecule is O=C(O)/C=C/c1ccc(OCCSC(F)(F)F)cc1. The Labute approximate surface area is 112 Å². The second-order valence-electron chi connectivity index (χ2n) is 3.38. The summed E-state index contributed by atoms with van der Waals surface area (Å²) in [5.41, 5.74) is -3.58. The molecule has 1 rings (SSSR count). The van der Waals surface area contributed by atoms with Gasteiger partial charge in [-0.05, 0) is 35.5 Å². The van der Waals surface area contributed by atoms with E-state index in [2.05, 4.69) is 0 Å². The Morgan fingerprint density at radius 3 is 2.47 bits per heavy atom. The molecular weight excluding hydrogens is 281 g/mol. The maximum absolute atomic E-state index is 11.8. The van der Waals surface area contributed by atoms with Crippen molar-refractivity contribution in [3.63, 3.8) is 0 Å². The summed E-state index contributed by atoms with van der Waals surface area (Å²) in [5, 5.41) is 8.43. The van der Waals surface area contributed by atoms with Crippen molar-refractivity contribution in [1.82, 2.24) is 0 Å². The Kier molecular flexibility index (Phi) is 5.75. The van der Waals surface area contributed by atoms with E-state index in [1.807, 2.05) is 0 Å². The summed E-state index contributed by atoms with van der Waals surface area (Å²) in [6.45, 7) is -0.0471. The molecule has 0 aliphatic rings. The molecule has 0 atom stereocenters. The normalized spacial score (nSPS) is 11.7. The largest absolute Gasteiger partial charge is 0.493 e. The van der Waals surface area contributed by atoms with Crippen molar-refractivity contribution in [2.24, 2.45) is 0 Å². The summed E-state index contributed by atoms with van der Waals surface area (Å²) >= 11 is -0.134. The molecule has 0 saturated heterocycles. The van der Waals surface area contributed by atoms with E-state index in [1.54, 1.807) is 24.3 Å². The van der Waals surface area contributed by atoms with Gasteiger partial charge in [-0.15, -0.1) is 0 Å². The van der Waals surface area contributed by atoms with E-state index in [0.29, 0.717) is 11.3 Å². The monoisotopic (exact) mass is 292 g/mol. The number of hydrogen-bond donors (Lipinski definition) is 1. The minimum absolute atomic E-state index is 0.0471. The van der Waals surface area contributed by atoms with Gasteiger partial charge in [0.25, 0.3) is 0 Å². The molecule has 1 N–H and O–H groups in total. The Morgan fingerprint density at radius 1 is 1.32 bits per heavy atom. The molecule has 0 radical (unpaired) electrons. The first-order valence-corrected chi connectivity index (χ1v) is 6.20. The lowest BCUT2D eigenvalue weighted by Gasteiger charge is -2.07. The molecule has 19 heavy (non-hydrogen) atoms. The highest BCUT2D eigenvalue weighted by atomic mass is 32.2. The predicted molar refractivity (Wildman–Crippen MR) is 67.1 cm³/mol. The summed E-state index contributed by atoms with van der Waals surface area (Å²) in [5.74, 6) is -0.788. The number of benzene rings is 1. The zero-order chi connectivity index (χ0) is 14.3. The molecule has 0 fully saturated rings. The lowest BCUT2D eigenvalue weighted by Crippen LogP contribution is -2.07. The van der Waals surface area contributed by atoms with Crippen LogP contribution in [-0.4, -0.2) is 28.9 Å². The number of alkyl halides is 3.